The van der Waals surface area contributed by atoms with E-state index in [1.54, 1.807) is 0 Å². The Morgan fingerprint density at radius 3 is 2.63 bits per heavy atom. The van der Waals surface area contributed by atoms with Crippen molar-refractivity contribution in [1.29, 1.82) is 0 Å². The molecular formula is C15H22N2O2. The summed E-state index contributed by atoms with van der Waals surface area (Å²) < 4.78 is 5.27. The smallest absolute Gasteiger partial charge is 0.223 e. The second-order valence-corrected chi connectivity index (χ2v) is 5.02. The van der Waals surface area contributed by atoms with Gasteiger partial charge < -0.3 is 15.8 Å². The minimum Gasteiger partial charge on any atom is -0.381 e. The highest BCUT2D eigenvalue weighted by Gasteiger charge is 2.23. The molecular weight excluding hydrogens is 240 g/mol. The van der Waals surface area contributed by atoms with Crippen molar-refractivity contribution in [3.8, 4) is 0 Å². The van der Waals surface area contributed by atoms with Crippen LogP contribution in [0.15, 0.2) is 30.3 Å². The molecule has 0 bridgehead atoms. The first kappa shape index (κ1) is 14.0. The summed E-state index contributed by atoms with van der Waals surface area (Å²) in [5, 5.41) is 3.07. The molecule has 1 fully saturated rings. The lowest BCUT2D eigenvalue weighted by atomic mass is 9.98. The Labute approximate surface area is 114 Å². The maximum Gasteiger partial charge on any atom is 0.223 e. The predicted octanol–water partition coefficient (Wildman–Crippen LogP) is 1.10. The fraction of sp³-hybridized carbons (Fsp3) is 0.533. The number of hydrogen-bond donors (Lipinski definition) is 2. The molecule has 0 spiro atoms. The number of ether oxygens (including phenoxy) is 1. The van der Waals surface area contributed by atoms with Gasteiger partial charge >= 0.3 is 0 Å². The Balaban J connectivity index is 1.86. The lowest BCUT2D eigenvalue weighted by molar-refractivity contribution is -0.128. The molecule has 1 amide bonds. The molecule has 1 aromatic carbocycles. The Bertz CT molecular complexity index is 388. The second kappa shape index (κ2) is 7.26. The average Bonchev–Trinajstić information content (AvgIpc) is 2.48. The van der Waals surface area contributed by atoms with E-state index in [9.17, 15) is 4.79 Å². The van der Waals surface area contributed by atoms with Gasteiger partial charge in [0.05, 0.1) is 0 Å². The fourth-order valence-corrected chi connectivity index (χ4v) is 2.37. The van der Waals surface area contributed by atoms with Gasteiger partial charge in [0, 0.05) is 31.7 Å². The van der Waals surface area contributed by atoms with Crippen molar-refractivity contribution in [1.82, 2.24) is 5.32 Å². The van der Waals surface area contributed by atoms with Crippen molar-refractivity contribution < 1.29 is 9.53 Å². The number of rotatable bonds is 5. The molecule has 3 N–H and O–H groups in total. The van der Waals surface area contributed by atoms with E-state index in [0.717, 1.165) is 19.3 Å². The second-order valence-electron chi connectivity index (χ2n) is 5.02. The van der Waals surface area contributed by atoms with E-state index in [2.05, 4.69) is 17.4 Å². The summed E-state index contributed by atoms with van der Waals surface area (Å²) in [6.45, 7) is 1.83. The number of amides is 1. The highest BCUT2D eigenvalue weighted by molar-refractivity contribution is 5.79. The molecule has 4 nitrogen and oxygen atoms in total. The highest BCUT2D eigenvalue weighted by Crippen LogP contribution is 2.15. The first-order valence-corrected chi connectivity index (χ1v) is 6.91. The number of carbonyl (C=O) groups excluding carboxylic acids is 1. The molecule has 1 heterocycles. The molecule has 1 unspecified atom stereocenters. The minimum absolute atomic E-state index is 0.0118. The maximum absolute atomic E-state index is 12.1. The van der Waals surface area contributed by atoms with Crippen molar-refractivity contribution in [2.45, 2.75) is 25.3 Å². The van der Waals surface area contributed by atoms with Gasteiger partial charge in [-0.3, -0.25) is 4.79 Å². The van der Waals surface area contributed by atoms with Crippen LogP contribution < -0.4 is 11.1 Å². The van der Waals surface area contributed by atoms with E-state index < -0.39 is 0 Å². The van der Waals surface area contributed by atoms with E-state index >= 15 is 0 Å². The zero-order valence-corrected chi connectivity index (χ0v) is 11.2. The molecule has 0 aromatic heterocycles. The molecule has 0 aliphatic carbocycles. The van der Waals surface area contributed by atoms with Gasteiger partial charge in [-0.2, -0.15) is 0 Å². The van der Waals surface area contributed by atoms with Gasteiger partial charge in [-0.15, -0.1) is 0 Å². The minimum atomic E-state index is 0.0118. The van der Waals surface area contributed by atoms with Crippen molar-refractivity contribution in [3.63, 3.8) is 0 Å². The molecule has 104 valence electrons. The summed E-state index contributed by atoms with van der Waals surface area (Å²) in [6, 6.07) is 10.1. The number of nitrogens with one attached hydrogen (secondary N) is 1. The number of hydrogen-bond acceptors (Lipinski definition) is 3. The standard InChI is InChI=1S/C15H22N2O2/c16-11-14(10-12-4-2-1-3-5-12)17-15(18)13-6-8-19-9-7-13/h1-5,13-14H,6-11,16H2,(H,17,18). The molecule has 2 rings (SSSR count). The fourth-order valence-electron chi connectivity index (χ4n) is 2.37. The molecule has 1 aliphatic rings. The van der Waals surface area contributed by atoms with E-state index in [1.807, 2.05) is 18.2 Å². The Hall–Kier alpha value is -1.39. The maximum atomic E-state index is 12.1. The predicted molar refractivity (Wildman–Crippen MR) is 74.7 cm³/mol. The van der Waals surface area contributed by atoms with Gasteiger partial charge in [-0.1, -0.05) is 30.3 Å². The van der Waals surface area contributed by atoms with Crippen LogP contribution in [0.2, 0.25) is 0 Å². The Morgan fingerprint density at radius 1 is 1.32 bits per heavy atom. The summed E-state index contributed by atoms with van der Waals surface area (Å²) >= 11 is 0. The van der Waals surface area contributed by atoms with Gasteiger partial charge in [0.25, 0.3) is 0 Å². The summed E-state index contributed by atoms with van der Waals surface area (Å²) in [6.07, 6.45) is 2.41. The highest BCUT2D eigenvalue weighted by atomic mass is 16.5. The van der Waals surface area contributed by atoms with E-state index in [-0.39, 0.29) is 17.9 Å². The van der Waals surface area contributed by atoms with Crippen molar-refractivity contribution in [2.75, 3.05) is 19.8 Å². The molecule has 1 saturated heterocycles. The van der Waals surface area contributed by atoms with E-state index in [1.165, 1.54) is 5.56 Å². The van der Waals surface area contributed by atoms with Crippen molar-refractivity contribution in [3.05, 3.63) is 35.9 Å². The van der Waals surface area contributed by atoms with Gasteiger partial charge in [0.2, 0.25) is 5.91 Å². The van der Waals surface area contributed by atoms with Gasteiger partial charge in [-0.05, 0) is 24.8 Å². The Morgan fingerprint density at radius 2 is 2.00 bits per heavy atom. The van der Waals surface area contributed by atoms with Crippen LogP contribution in [0.5, 0.6) is 0 Å². The first-order chi connectivity index (χ1) is 9.29. The van der Waals surface area contributed by atoms with Crippen LogP contribution in [0.3, 0.4) is 0 Å². The van der Waals surface area contributed by atoms with Crippen LogP contribution in [0.4, 0.5) is 0 Å². The lowest BCUT2D eigenvalue weighted by Crippen LogP contribution is -2.45. The summed E-state index contributed by atoms with van der Waals surface area (Å²) in [4.78, 5) is 12.1. The molecule has 0 radical (unpaired) electrons. The Kier molecular flexibility index (Phi) is 5.36. The zero-order chi connectivity index (χ0) is 13.5. The van der Waals surface area contributed by atoms with Gasteiger partial charge in [0.15, 0.2) is 0 Å². The summed E-state index contributed by atoms with van der Waals surface area (Å²) in [5.74, 6) is 0.202. The summed E-state index contributed by atoms with van der Waals surface area (Å²) in [7, 11) is 0. The largest absolute Gasteiger partial charge is 0.381 e. The van der Waals surface area contributed by atoms with Gasteiger partial charge in [-0.25, -0.2) is 0 Å². The zero-order valence-electron chi connectivity index (χ0n) is 11.2. The van der Waals surface area contributed by atoms with Crippen molar-refractivity contribution in [2.24, 2.45) is 11.7 Å². The molecule has 19 heavy (non-hydrogen) atoms. The van der Waals surface area contributed by atoms with Crippen LogP contribution in [0, 0.1) is 5.92 Å². The molecule has 1 aromatic rings. The number of benzene rings is 1. The van der Waals surface area contributed by atoms with Crippen LogP contribution in [0.1, 0.15) is 18.4 Å². The first-order valence-electron chi connectivity index (χ1n) is 6.91. The SMILES string of the molecule is NCC(Cc1ccccc1)NC(=O)C1CCOCC1. The topological polar surface area (TPSA) is 64.3 Å². The average molecular weight is 262 g/mol. The molecule has 1 aliphatic heterocycles. The third-order valence-electron chi connectivity index (χ3n) is 3.55. The number of carbonyl (C=O) groups is 1. The van der Waals surface area contributed by atoms with E-state index in [0.29, 0.717) is 19.8 Å². The lowest BCUT2D eigenvalue weighted by Gasteiger charge is -2.24. The third-order valence-corrected chi connectivity index (χ3v) is 3.55. The van der Waals surface area contributed by atoms with E-state index in [4.69, 9.17) is 10.5 Å². The van der Waals surface area contributed by atoms with Crippen molar-refractivity contribution >= 4 is 5.91 Å². The molecule has 4 heteroatoms. The summed E-state index contributed by atoms with van der Waals surface area (Å²) in [5.41, 5.74) is 6.96. The number of nitrogens with two attached hydrogens (primary N) is 1. The monoisotopic (exact) mass is 262 g/mol. The van der Waals surface area contributed by atoms with Crippen LogP contribution in [0.25, 0.3) is 0 Å². The quantitative estimate of drug-likeness (QED) is 0.835. The third kappa shape index (κ3) is 4.33. The molecule has 0 saturated carbocycles. The normalized spacial score (nSPS) is 17.9. The van der Waals surface area contributed by atoms with Gasteiger partial charge in [0.1, 0.15) is 0 Å². The van der Waals surface area contributed by atoms with Crippen LogP contribution >= 0.6 is 0 Å². The van der Waals surface area contributed by atoms with Crippen LogP contribution in [-0.2, 0) is 16.0 Å². The van der Waals surface area contributed by atoms with Crippen LogP contribution in [-0.4, -0.2) is 31.7 Å². The molecule has 1 atom stereocenters.